The fraction of sp³-hybridized carbons (Fsp3) is 1.00. The third kappa shape index (κ3) is 8.06. The minimum Gasteiger partial charge on any atom is -0.0777 e. The van der Waals surface area contributed by atoms with E-state index in [-0.39, 0.29) is 0 Å². The molecule has 0 aromatic carbocycles. The van der Waals surface area contributed by atoms with Crippen molar-refractivity contribution in [3.8, 4) is 0 Å². The average Bonchev–Trinajstić information content (AvgIpc) is 1.87. The van der Waals surface area contributed by atoms with Gasteiger partial charge in [-0.15, -0.1) is 0 Å². The molecule has 0 fully saturated rings. The van der Waals surface area contributed by atoms with Crippen LogP contribution in [0.25, 0.3) is 0 Å². The van der Waals surface area contributed by atoms with Crippen LogP contribution in [-0.4, -0.2) is 7.28 Å². The Balaban J connectivity index is 2.77. The van der Waals surface area contributed by atoms with E-state index in [1.165, 1.54) is 39.2 Å². The van der Waals surface area contributed by atoms with E-state index in [4.69, 9.17) is 0 Å². The van der Waals surface area contributed by atoms with Gasteiger partial charge in [0, 0.05) is 0 Å². The van der Waals surface area contributed by atoms with Gasteiger partial charge in [-0.05, 0) is 5.92 Å². The van der Waals surface area contributed by atoms with Gasteiger partial charge in [0.15, 0.2) is 0 Å². The molecule has 0 aliphatic rings. The number of hydrogen-bond acceptors (Lipinski definition) is 0. The highest BCUT2D eigenvalue weighted by Gasteiger charge is 1.94. The van der Waals surface area contributed by atoms with Crippen molar-refractivity contribution in [1.29, 1.82) is 0 Å². The van der Waals surface area contributed by atoms with Crippen LogP contribution in [0.1, 0.15) is 40.0 Å². The van der Waals surface area contributed by atoms with E-state index < -0.39 is 0 Å². The lowest BCUT2D eigenvalue weighted by Gasteiger charge is -2.01. The van der Waals surface area contributed by atoms with Gasteiger partial charge in [-0.3, -0.25) is 0 Å². The number of hydrogen-bond donors (Lipinski definition) is 0. The Bertz CT molecular complexity index is 59.7. The average molecular weight is 140 g/mol. The molecule has 0 N–H and O–H groups in total. The second-order valence-corrected chi connectivity index (χ2v) is 3.60. The minimum absolute atomic E-state index is 0.904. The molecular weight excluding hydrogens is 119 g/mol. The Hall–Kier alpha value is 0.0649. The van der Waals surface area contributed by atoms with E-state index in [9.17, 15) is 0 Å². The Morgan fingerprint density at radius 3 is 2.40 bits per heavy atom. The lowest BCUT2D eigenvalue weighted by molar-refractivity contribution is 0.575. The topological polar surface area (TPSA) is 0 Å². The molecule has 0 atom stereocenters. The fourth-order valence-corrected chi connectivity index (χ4v) is 1.16. The first-order chi connectivity index (χ1) is 4.77. The highest BCUT2D eigenvalue weighted by Crippen LogP contribution is 2.06. The van der Waals surface area contributed by atoms with Crippen molar-refractivity contribution in [2.24, 2.45) is 5.92 Å². The number of rotatable bonds is 6. The standard InChI is InChI=1S/C9H21B/c1-4-7-10-8-5-6-9(2)3/h9-10H,4-8H2,1-3H3. The van der Waals surface area contributed by atoms with E-state index in [2.05, 4.69) is 20.8 Å². The molecule has 0 spiro atoms. The highest BCUT2D eigenvalue weighted by atomic mass is 13.9. The molecule has 0 unspecified atom stereocenters. The van der Waals surface area contributed by atoms with Crippen LogP contribution < -0.4 is 0 Å². The van der Waals surface area contributed by atoms with Gasteiger partial charge < -0.3 is 0 Å². The van der Waals surface area contributed by atoms with Crippen LogP contribution in [0.4, 0.5) is 0 Å². The molecule has 0 aliphatic carbocycles. The molecule has 1 heteroatoms. The maximum atomic E-state index is 2.31. The third-order valence-corrected chi connectivity index (χ3v) is 1.89. The van der Waals surface area contributed by atoms with Crippen molar-refractivity contribution in [3.63, 3.8) is 0 Å². The monoisotopic (exact) mass is 140 g/mol. The van der Waals surface area contributed by atoms with Gasteiger partial charge >= 0.3 is 0 Å². The summed E-state index contributed by atoms with van der Waals surface area (Å²) in [6.07, 6.45) is 7.10. The summed E-state index contributed by atoms with van der Waals surface area (Å²) in [5.41, 5.74) is 0. The van der Waals surface area contributed by atoms with Crippen molar-refractivity contribution >= 4 is 7.28 Å². The Kier molecular flexibility index (Phi) is 7.22. The highest BCUT2D eigenvalue weighted by molar-refractivity contribution is 6.35. The predicted octanol–water partition coefficient (Wildman–Crippen LogP) is 3.11. The van der Waals surface area contributed by atoms with Gasteiger partial charge in [-0.1, -0.05) is 52.7 Å². The zero-order valence-electron chi connectivity index (χ0n) is 7.82. The van der Waals surface area contributed by atoms with E-state index in [1.54, 1.807) is 0 Å². The first kappa shape index (κ1) is 10.1. The van der Waals surface area contributed by atoms with Crippen LogP contribution in [0.15, 0.2) is 0 Å². The largest absolute Gasteiger partial charge is 0.120 e. The smallest absolute Gasteiger partial charge is 0.0777 e. The molecule has 0 radical (unpaired) electrons. The van der Waals surface area contributed by atoms with Crippen molar-refractivity contribution in [3.05, 3.63) is 0 Å². The Labute approximate surface area is 66.6 Å². The van der Waals surface area contributed by atoms with Gasteiger partial charge in [0.25, 0.3) is 0 Å². The molecule has 10 heavy (non-hydrogen) atoms. The van der Waals surface area contributed by atoms with Crippen LogP contribution in [0.5, 0.6) is 0 Å². The summed E-state index contributed by atoms with van der Waals surface area (Å²) >= 11 is 0. The second kappa shape index (κ2) is 7.18. The van der Waals surface area contributed by atoms with E-state index in [1.807, 2.05) is 0 Å². The lowest BCUT2D eigenvalue weighted by Crippen LogP contribution is -1.91. The first-order valence-corrected chi connectivity index (χ1v) is 4.77. The molecule has 0 saturated heterocycles. The van der Waals surface area contributed by atoms with E-state index in [0.717, 1.165) is 5.92 Å². The summed E-state index contributed by atoms with van der Waals surface area (Å²) in [4.78, 5) is 0. The molecule has 60 valence electrons. The van der Waals surface area contributed by atoms with Crippen molar-refractivity contribution in [2.75, 3.05) is 0 Å². The van der Waals surface area contributed by atoms with Gasteiger partial charge in [0.05, 0.1) is 0 Å². The molecule has 0 amide bonds. The summed E-state index contributed by atoms with van der Waals surface area (Å²) < 4.78 is 0. The molecule has 0 rings (SSSR count). The minimum atomic E-state index is 0.904. The van der Waals surface area contributed by atoms with Crippen LogP contribution in [0.3, 0.4) is 0 Å². The van der Waals surface area contributed by atoms with Crippen LogP contribution >= 0.6 is 0 Å². The molecular formula is C9H21B. The summed E-state index contributed by atoms with van der Waals surface area (Å²) in [5, 5.41) is 0. The summed E-state index contributed by atoms with van der Waals surface area (Å²) in [5.74, 6) is 0.904. The predicted molar refractivity (Wildman–Crippen MR) is 51.1 cm³/mol. The normalized spacial score (nSPS) is 10.4. The Morgan fingerprint density at radius 1 is 1.20 bits per heavy atom. The van der Waals surface area contributed by atoms with Gasteiger partial charge in [-0.2, -0.15) is 0 Å². The van der Waals surface area contributed by atoms with Crippen molar-refractivity contribution < 1.29 is 0 Å². The maximum absolute atomic E-state index is 2.31. The second-order valence-electron chi connectivity index (χ2n) is 3.60. The van der Waals surface area contributed by atoms with Crippen LogP contribution in [0, 0.1) is 5.92 Å². The zero-order valence-corrected chi connectivity index (χ0v) is 7.82. The van der Waals surface area contributed by atoms with Gasteiger partial charge in [0.1, 0.15) is 7.28 Å². The van der Waals surface area contributed by atoms with Crippen LogP contribution in [0.2, 0.25) is 12.6 Å². The molecule has 0 nitrogen and oxygen atoms in total. The Morgan fingerprint density at radius 2 is 1.90 bits per heavy atom. The molecule has 0 aliphatic heterocycles. The van der Waals surface area contributed by atoms with E-state index in [0.29, 0.717) is 0 Å². The van der Waals surface area contributed by atoms with E-state index >= 15 is 0 Å². The van der Waals surface area contributed by atoms with Gasteiger partial charge in [-0.25, -0.2) is 0 Å². The first-order valence-electron chi connectivity index (χ1n) is 4.77. The fourth-order valence-electron chi connectivity index (χ4n) is 1.16. The van der Waals surface area contributed by atoms with Crippen molar-refractivity contribution in [1.82, 2.24) is 0 Å². The lowest BCUT2D eigenvalue weighted by atomic mass is 9.68. The van der Waals surface area contributed by atoms with Gasteiger partial charge in [0.2, 0.25) is 0 Å². The van der Waals surface area contributed by atoms with Crippen molar-refractivity contribution in [2.45, 2.75) is 52.7 Å². The molecule has 0 aromatic rings. The zero-order chi connectivity index (χ0) is 7.82. The molecule has 0 saturated carbocycles. The maximum Gasteiger partial charge on any atom is 0.120 e. The summed E-state index contributed by atoms with van der Waals surface area (Å²) in [6, 6.07) is 0. The third-order valence-electron chi connectivity index (χ3n) is 1.89. The SMILES string of the molecule is CCCBCCCC(C)C. The molecule has 0 heterocycles. The quantitative estimate of drug-likeness (QED) is 0.392. The summed E-state index contributed by atoms with van der Waals surface area (Å²) in [7, 11) is 1.45. The molecule has 0 aromatic heterocycles. The summed E-state index contributed by atoms with van der Waals surface area (Å²) in [6.45, 7) is 6.88. The molecule has 0 bridgehead atoms. The van der Waals surface area contributed by atoms with Crippen LogP contribution in [-0.2, 0) is 0 Å².